The highest BCUT2D eigenvalue weighted by Gasteiger charge is 2.29. The van der Waals surface area contributed by atoms with E-state index < -0.39 is 0 Å². The van der Waals surface area contributed by atoms with Gasteiger partial charge in [0.05, 0.1) is 20.8 Å². The number of likely N-dealkylation sites (tertiary alicyclic amines) is 1. The lowest BCUT2D eigenvalue weighted by Gasteiger charge is -2.16. The molecule has 102 valence electrons. The third-order valence-corrected chi connectivity index (χ3v) is 3.56. The monoisotopic (exact) mass is 328 g/mol. The lowest BCUT2D eigenvalue weighted by atomic mass is 10.2. The molecule has 0 N–H and O–H groups in total. The van der Waals surface area contributed by atoms with E-state index in [-0.39, 0.29) is 31.2 Å². The van der Waals surface area contributed by atoms with Gasteiger partial charge in [-0.1, -0.05) is 0 Å². The fraction of sp³-hybridized carbons (Fsp3) is 0.417. The Bertz CT molecular complexity index is 517. The van der Waals surface area contributed by atoms with Gasteiger partial charge in [-0.25, -0.2) is 4.98 Å². The summed E-state index contributed by atoms with van der Waals surface area (Å²) < 4.78 is 10.7. The Balaban J connectivity index is 2.30. The molecule has 1 fully saturated rings. The van der Waals surface area contributed by atoms with Gasteiger partial charge in [-0.05, 0) is 22.0 Å². The van der Waals surface area contributed by atoms with Crippen LogP contribution in [0.25, 0.3) is 0 Å². The summed E-state index contributed by atoms with van der Waals surface area (Å²) in [7, 11) is 2.99. The Morgan fingerprint density at radius 1 is 1.26 bits per heavy atom. The molecule has 1 aromatic rings. The van der Waals surface area contributed by atoms with Gasteiger partial charge in [-0.15, -0.1) is 0 Å². The van der Waals surface area contributed by atoms with E-state index in [4.69, 9.17) is 9.47 Å². The normalized spacial score (nSPS) is 15.0. The largest absolute Gasteiger partial charge is 0.491 e. The second-order valence-corrected chi connectivity index (χ2v) is 4.77. The maximum absolute atomic E-state index is 11.6. The van der Waals surface area contributed by atoms with E-state index in [2.05, 4.69) is 20.9 Å². The predicted molar refractivity (Wildman–Crippen MR) is 69.8 cm³/mol. The molecule has 7 heteroatoms. The summed E-state index contributed by atoms with van der Waals surface area (Å²) in [6, 6.07) is 1.70. The minimum atomic E-state index is -0.160. The van der Waals surface area contributed by atoms with Crippen molar-refractivity contribution < 1.29 is 19.1 Å². The van der Waals surface area contributed by atoms with E-state index in [9.17, 15) is 9.59 Å². The summed E-state index contributed by atoms with van der Waals surface area (Å²) in [4.78, 5) is 28.6. The molecule has 0 bridgehead atoms. The molecule has 1 aliphatic rings. The first kappa shape index (κ1) is 13.8. The second kappa shape index (κ2) is 5.56. The van der Waals surface area contributed by atoms with Crippen molar-refractivity contribution in [3.05, 3.63) is 16.2 Å². The summed E-state index contributed by atoms with van der Waals surface area (Å²) >= 11 is 3.30. The smallest absolute Gasteiger partial charge is 0.257 e. The zero-order chi connectivity index (χ0) is 14.0. The number of imide groups is 1. The number of nitrogens with zero attached hydrogens (tertiary/aromatic N) is 2. The number of halogens is 1. The molecular formula is C12H13BrN2O4. The minimum Gasteiger partial charge on any atom is -0.491 e. The topological polar surface area (TPSA) is 68.7 Å². The van der Waals surface area contributed by atoms with Crippen LogP contribution in [0.3, 0.4) is 0 Å². The number of rotatable bonds is 4. The van der Waals surface area contributed by atoms with E-state index >= 15 is 0 Å². The number of ether oxygens (including phenoxy) is 2. The van der Waals surface area contributed by atoms with Crippen LogP contribution in [-0.4, -0.2) is 35.9 Å². The van der Waals surface area contributed by atoms with Crippen LogP contribution in [0.15, 0.2) is 10.7 Å². The van der Waals surface area contributed by atoms with Crippen LogP contribution >= 0.6 is 15.9 Å². The maximum Gasteiger partial charge on any atom is 0.257 e. The van der Waals surface area contributed by atoms with Crippen molar-refractivity contribution in [1.29, 1.82) is 0 Å². The molecule has 19 heavy (non-hydrogen) atoms. The van der Waals surface area contributed by atoms with Gasteiger partial charge in [0.25, 0.3) is 5.88 Å². The molecule has 0 aromatic carbocycles. The van der Waals surface area contributed by atoms with Gasteiger partial charge in [-0.2, -0.15) is 0 Å². The highest BCUT2D eigenvalue weighted by molar-refractivity contribution is 9.10. The number of hydrogen-bond donors (Lipinski definition) is 0. The molecule has 2 rings (SSSR count). The number of carbonyl (C=O) groups excluding carboxylic acids is 2. The zero-order valence-electron chi connectivity index (χ0n) is 10.6. The summed E-state index contributed by atoms with van der Waals surface area (Å²) in [5, 5.41) is 0. The van der Waals surface area contributed by atoms with Crippen LogP contribution < -0.4 is 9.47 Å². The highest BCUT2D eigenvalue weighted by Crippen LogP contribution is 2.31. The first-order chi connectivity index (χ1) is 9.06. The van der Waals surface area contributed by atoms with E-state index in [1.165, 1.54) is 19.1 Å². The standard InChI is InChI=1S/C12H13BrN2O4/c1-18-8-5-7(11(13)14-12(8)19-2)6-15-9(16)3-4-10(15)17/h5H,3-4,6H2,1-2H3. The molecule has 2 amide bonds. The van der Waals surface area contributed by atoms with Crippen molar-refractivity contribution in [3.63, 3.8) is 0 Å². The quantitative estimate of drug-likeness (QED) is 0.619. The lowest BCUT2D eigenvalue weighted by Crippen LogP contribution is -2.28. The van der Waals surface area contributed by atoms with Crippen molar-refractivity contribution in [2.24, 2.45) is 0 Å². The number of pyridine rings is 1. The van der Waals surface area contributed by atoms with Crippen LogP contribution in [0.4, 0.5) is 0 Å². The van der Waals surface area contributed by atoms with Gasteiger partial charge in [0.1, 0.15) is 4.60 Å². The Hall–Kier alpha value is -1.63. The van der Waals surface area contributed by atoms with E-state index in [0.717, 1.165) is 0 Å². The van der Waals surface area contributed by atoms with Crippen LogP contribution in [0.1, 0.15) is 18.4 Å². The van der Waals surface area contributed by atoms with Gasteiger partial charge in [-0.3, -0.25) is 14.5 Å². The third kappa shape index (κ3) is 2.70. The first-order valence-corrected chi connectivity index (χ1v) is 6.46. The molecule has 1 aliphatic heterocycles. The van der Waals surface area contributed by atoms with E-state index in [1.807, 2.05) is 0 Å². The Labute approximate surface area is 118 Å². The second-order valence-electron chi connectivity index (χ2n) is 4.02. The number of methoxy groups -OCH3 is 2. The molecule has 2 heterocycles. The fourth-order valence-electron chi connectivity index (χ4n) is 1.87. The van der Waals surface area contributed by atoms with Gasteiger partial charge >= 0.3 is 0 Å². The predicted octanol–water partition coefficient (Wildman–Crippen LogP) is 1.51. The lowest BCUT2D eigenvalue weighted by molar-refractivity contribution is -0.139. The maximum atomic E-state index is 11.6. The molecule has 0 unspecified atom stereocenters. The zero-order valence-corrected chi connectivity index (χ0v) is 12.2. The minimum absolute atomic E-state index is 0.160. The van der Waals surface area contributed by atoms with Crippen molar-refractivity contribution in [1.82, 2.24) is 9.88 Å². The van der Waals surface area contributed by atoms with Crippen molar-refractivity contribution in [2.45, 2.75) is 19.4 Å². The van der Waals surface area contributed by atoms with Gasteiger partial charge in [0.2, 0.25) is 11.8 Å². The Morgan fingerprint density at radius 2 is 1.89 bits per heavy atom. The SMILES string of the molecule is COc1cc(CN2C(=O)CCC2=O)c(Br)nc1OC. The first-order valence-electron chi connectivity index (χ1n) is 5.67. The number of hydrogen-bond acceptors (Lipinski definition) is 5. The number of carbonyl (C=O) groups is 2. The van der Waals surface area contributed by atoms with Crippen molar-refractivity contribution in [2.75, 3.05) is 14.2 Å². The number of aromatic nitrogens is 1. The highest BCUT2D eigenvalue weighted by atomic mass is 79.9. The average Bonchev–Trinajstić information content (AvgIpc) is 2.72. The Morgan fingerprint density at radius 3 is 2.42 bits per heavy atom. The fourth-order valence-corrected chi connectivity index (χ4v) is 2.27. The molecule has 1 saturated heterocycles. The van der Waals surface area contributed by atoms with Crippen molar-refractivity contribution in [3.8, 4) is 11.6 Å². The summed E-state index contributed by atoms with van der Waals surface area (Å²) in [5.74, 6) is 0.482. The van der Waals surface area contributed by atoms with Gasteiger partial charge < -0.3 is 9.47 Å². The third-order valence-electron chi connectivity index (χ3n) is 2.88. The molecule has 0 saturated carbocycles. The average molecular weight is 329 g/mol. The molecule has 0 aliphatic carbocycles. The summed E-state index contributed by atoms with van der Waals surface area (Å²) in [6.07, 6.45) is 0.550. The molecule has 1 aromatic heterocycles. The van der Waals surface area contributed by atoms with Crippen LogP contribution in [0, 0.1) is 0 Å². The van der Waals surface area contributed by atoms with E-state index in [1.54, 1.807) is 6.07 Å². The summed E-state index contributed by atoms with van der Waals surface area (Å²) in [5.41, 5.74) is 0.696. The van der Waals surface area contributed by atoms with Crippen LogP contribution in [-0.2, 0) is 16.1 Å². The summed E-state index contributed by atoms with van der Waals surface area (Å²) in [6.45, 7) is 0.186. The molecule has 6 nitrogen and oxygen atoms in total. The van der Waals surface area contributed by atoms with Crippen LogP contribution in [0.5, 0.6) is 11.6 Å². The van der Waals surface area contributed by atoms with Crippen molar-refractivity contribution >= 4 is 27.7 Å². The van der Waals surface area contributed by atoms with E-state index in [0.29, 0.717) is 21.8 Å². The van der Waals surface area contributed by atoms with Crippen LogP contribution in [0.2, 0.25) is 0 Å². The molecule has 0 spiro atoms. The number of amides is 2. The molecular weight excluding hydrogens is 316 g/mol. The Kier molecular flexibility index (Phi) is 4.04. The van der Waals surface area contributed by atoms with Gasteiger partial charge in [0.15, 0.2) is 5.75 Å². The van der Waals surface area contributed by atoms with Gasteiger partial charge in [0, 0.05) is 18.4 Å². The molecule has 0 atom stereocenters. The molecule has 0 radical (unpaired) electrons.